The van der Waals surface area contributed by atoms with Gasteiger partial charge in [-0.1, -0.05) is 6.92 Å². The number of likely N-dealkylation sites (N-methyl/N-ethyl adjacent to an activating group) is 1. The summed E-state index contributed by atoms with van der Waals surface area (Å²) in [5.41, 5.74) is 1.50. The Hall–Kier alpha value is -2.45. The van der Waals surface area contributed by atoms with Crippen molar-refractivity contribution >= 4 is 17.7 Å². The molecule has 0 spiro atoms. The fraction of sp³-hybridized carbons (Fsp3) is 0.654. The minimum absolute atomic E-state index is 0.139. The van der Waals surface area contributed by atoms with Crippen LogP contribution in [0.25, 0.3) is 0 Å². The van der Waals surface area contributed by atoms with Gasteiger partial charge >= 0.3 is 0 Å². The van der Waals surface area contributed by atoms with E-state index in [9.17, 15) is 14.4 Å². The van der Waals surface area contributed by atoms with Crippen molar-refractivity contribution in [2.75, 3.05) is 20.2 Å². The van der Waals surface area contributed by atoms with Crippen LogP contribution in [0.1, 0.15) is 67.8 Å². The minimum atomic E-state index is -0.594. The molecule has 8 heteroatoms. The number of fused-ring (bicyclic) bond motifs is 1. The quantitative estimate of drug-likeness (QED) is 0.589. The fourth-order valence-electron chi connectivity index (χ4n) is 6.11. The van der Waals surface area contributed by atoms with Gasteiger partial charge in [0.25, 0.3) is 5.91 Å². The Kier molecular flexibility index (Phi) is 6.62. The molecule has 184 valence electrons. The molecule has 2 heterocycles. The highest BCUT2D eigenvalue weighted by Crippen LogP contribution is 2.35. The molecular weight excluding hydrogens is 434 g/mol. The summed E-state index contributed by atoms with van der Waals surface area (Å²) in [6, 6.07) is 5.47. The van der Waals surface area contributed by atoms with Crippen molar-refractivity contribution < 1.29 is 23.9 Å². The highest BCUT2D eigenvalue weighted by molar-refractivity contribution is 6.05. The van der Waals surface area contributed by atoms with Crippen molar-refractivity contribution in [3.8, 4) is 5.75 Å². The molecule has 0 bridgehead atoms. The van der Waals surface area contributed by atoms with Gasteiger partial charge in [-0.05, 0) is 74.8 Å². The molecule has 1 N–H and O–H groups in total. The van der Waals surface area contributed by atoms with Gasteiger partial charge in [-0.3, -0.25) is 24.6 Å². The van der Waals surface area contributed by atoms with E-state index in [4.69, 9.17) is 9.47 Å². The lowest BCUT2D eigenvalue weighted by Gasteiger charge is -2.40. The van der Waals surface area contributed by atoms with E-state index >= 15 is 0 Å². The van der Waals surface area contributed by atoms with Crippen molar-refractivity contribution in [2.45, 2.75) is 82.7 Å². The SMILES string of the molecule is CCN(C[C@H]1C[C@@H](OC)C1)C1CCCC1Oc1ccc2c(c1)CN(C1CCC(=O)NC1=O)C2=O. The van der Waals surface area contributed by atoms with E-state index in [0.29, 0.717) is 36.6 Å². The molecule has 34 heavy (non-hydrogen) atoms. The molecule has 2 saturated carbocycles. The van der Waals surface area contributed by atoms with Gasteiger partial charge in [0.05, 0.1) is 6.10 Å². The largest absolute Gasteiger partial charge is 0.489 e. The first kappa shape index (κ1) is 23.3. The number of nitrogens with one attached hydrogen (secondary N) is 1. The molecule has 3 unspecified atom stereocenters. The zero-order valence-corrected chi connectivity index (χ0v) is 20.1. The van der Waals surface area contributed by atoms with Crippen LogP contribution in [-0.2, 0) is 20.9 Å². The van der Waals surface area contributed by atoms with E-state index in [1.807, 2.05) is 18.2 Å². The average Bonchev–Trinajstić information content (AvgIpc) is 3.37. The highest BCUT2D eigenvalue weighted by atomic mass is 16.5. The molecule has 1 saturated heterocycles. The van der Waals surface area contributed by atoms with Gasteiger partial charge in [-0.2, -0.15) is 0 Å². The standard InChI is InChI=1S/C26H35N3O5/c1-3-28(14-16-11-19(12-16)33-2)21-5-4-6-23(21)34-18-7-8-20-17(13-18)15-29(26(20)32)22-9-10-24(30)27-25(22)31/h7-8,13,16,19,21-23H,3-6,9-12,14-15H2,1-2H3,(H,27,30,31)/t16-,19+,21?,22?,23?. The van der Waals surface area contributed by atoms with Crippen LogP contribution in [0.3, 0.4) is 0 Å². The summed E-state index contributed by atoms with van der Waals surface area (Å²) in [4.78, 5) is 40.9. The van der Waals surface area contributed by atoms with Crippen molar-refractivity contribution in [3.05, 3.63) is 29.3 Å². The van der Waals surface area contributed by atoms with Crippen molar-refractivity contribution in [3.63, 3.8) is 0 Å². The third kappa shape index (κ3) is 4.45. The lowest BCUT2D eigenvalue weighted by molar-refractivity contribution is -0.136. The van der Waals surface area contributed by atoms with Crippen LogP contribution < -0.4 is 10.1 Å². The molecule has 0 aromatic heterocycles. The van der Waals surface area contributed by atoms with Gasteiger partial charge in [-0.15, -0.1) is 0 Å². The maximum atomic E-state index is 12.9. The summed E-state index contributed by atoms with van der Waals surface area (Å²) in [5, 5.41) is 2.35. The fourth-order valence-corrected chi connectivity index (χ4v) is 6.11. The Morgan fingerprint density at radius 1 is 1.15 bits per heavy atom. The second-order valence-corrected chi connectivity index (χ2v) is 10.2. The summed E-state index contributed by atoms with van der Waals surface area (Å²) >= 11 is 0. The van der Waals surface area contributed by atoms with Crippen molar-refractivity contribution in [2.24, 2.45) is 5.92 Å². The van der Waals surface area contributed by atoms with E-state index in [-0.39, 0.29) is 30.2 Å². The lowest BCUT2D eigenvalue weighted by atomic mass is 9.81. The molecule has 2 aliphatic carbocycles. The smallest absolute Gasteiger partial charge is 0.255 e. The maximum Gasteiger partial charge on any atom is 0.255 e. The van der Waals surface area contributed by atoms with Crippen LogP contribution in [0.5, 0.6) is 5.75 Å². The first-order chi connectivity index (χ1) is 16.5. The zero-order chi connectivity index (χ0) is 23.8. The zero-order valence-electron chi connectivity index (χ0n) is 20.1. The molecule has 2 aliphatic heterocycles. The summed E-state index contributed by atoms with van der Waals surface area (Å²) < 4.78 is 12.0. The van der Waals surface area contributed by atoms with E-state index < -0.39 is 6.04 Å². The lowest BCUT2D eigenvalue weighted by Crippen LogP contribution is -2.52. The molecule has 5 rings (SSSR count). The third-order valence-corrected chi connectivity index (χ3v) is 8.09. The summed E-state index contributed by atoms with van der Waals surface area (Å²) in [7, 11) is 1.80. The number of carbonyl (C=O) groups is 3. The van der Waals surface area contributed by atoms with E-state index in [1.54, 1.807) is 12.0 Å². The van der Waals surface area contributed by atoms with Crippen LogP contribution in [0.15, 0.2) is 18.2 Å². The topological polar surface area (TPSA) is 88.2 Å². The van der Waals surface area contributed by atoms with Crippen LogP contribution in [0, 0.1) is 5.92 Å². The van der Waals surface area contributed by atoms with E-state index in [2.05, 4.69) is 17.1 Å². The van der Waals surface area contributed by atoms with Crippen LogP contribution in [0.2, 0.25) is 0 Å². The second kappa shape index (κ2) is 9.66. The van der Waals surface area contributed by atoms with Gasteiger partial charge in [0.1, 0.15) is 17.9 Å². The van der Waals surface area contributed by atoms with Crippen molar-refractivity contribution in [1.29, 1.82) is 0 Å². The molecule has 3 atom stereocenters. The number of nitrogens with zero attached hydrogens (tertiary/aromatic N) is 2. The number of imide groups is 1. The first-order valence-corrected chi connectivity index (χ1v) is 12.7. The summed E-state index contributed by atoms with van der Waals surface area (Å²) in [5.74, 6) is 0.680. The first-order valence-electron chi connectivity index (χ1n) is 12.7. The number of piperidine rings is 1. The molecule has 1 aromatic rings. The Balaban J connectivity index is 1.23. The number of methoxy groups -OCH3 is 1. The van der Waals surface area contributed by atoms with Crippen LogP contribution in [0.4, 0.5) is 0 Å². The predicted molar refractivity (Wildman–Crippen MR) is 125 cm³/mol. The minimum Gasteiger partial charge on any atom is -0.489 e. The van der Waals surface area contributed by atoms with Crippen molar-refractivity contribution in [1.82, 2.24) is 15.1 Å². The maximum absolute atomic E-state index is 12.9. The molecule has 3 fully saturated rings. The van der Waals surface area contributed by atoms with Gasteiger partial charge in [-0.25, -0.2) is 0 Å². The normalized spacial score (nSPS) is 31.0. The van der Waals surface area contributed by atoms with Crippen LogP contribution >= 0.6 is 0 Å². The summed E-state index contributed by atoms with van der Waals surface area (Å²) in [6.07, 6.45) is 6.82. The molecule has 1 aromatic carbocycles. The second-order valence-electron chi connectivity index (χ2n) is 10.2. The summed E-state index contributed by atoms with van der Waals surface area (Å²) in [6.45, 7) is 4.71. The van der Waals surface area contributed by atoms with Gasteiger partial charge in [0.15, 0.2) is 0 Å². The Morgan fingerprint density at radius 3 is 2.71 bits per heavy atom. The van der Waals surface area contributed by atoms with Gasteiger partial charge < -0.3 is 14.4 Å². The van der Waals surface area contributed by atoms with Crippen LogP contribution in [-0.4, -0.2) is 72.0 Å². The molecular formula is C26H35N3O5. The number of hydrogen-bond acceptors (Lipinski definition) is 6. The number of rotatable bonds is 8. The Morgan fingerprint density at radius 2 is 1.97 bits per heavy atom. The monoisotopic (exact) mass is 469 g/mol. The molecule has 0 radical (unpaired) electrons. The molecule has 4 aliphatic rings. The number of hydrogen-bond donors (Lipinski definition) is 1. The highest BCUT2D eigenvalue weighted by Gasteiger charge is 2.40. The van der Waals surface area contributed by atoms with E-state index in [0.717, 1.165) is 56.5 Å². The average molecular weight is 470 g/mol. The van der Waals surface area contributed by atoms with E-state index in [1.165, 1.54) is 0 Å². The number of benzene rings is 1. The Bertz CT molecular complexity index is 960. The Labute approximate surface area is 200 Å². The third-order valence-electron chi connectivity index (χ3n) is 8.09. The van der Waals surface area contributed by atoms with Gasteiger partial charge in [0.2, 0.25) is 11.8 Å². The number of amides is 3. The molecule has 3 amide bonds. The number of carbonyl (C=O) groups excluding carboxylic acids is 3. The molecule has 8 nitrogen and oxygen atoms in total. The number of ether oxygens (including phenoxy) is 2. The predicted octanol–water partition coefficient (Wildman–Crippen LogP) is 2.49. The van der Waals surface area contributed by atoms with Gasteiger partial charge in [0, 0.05) is 38.2 Å².